The molecule has 4 heteroatoms. The summed E-state index contributed by atoms with van der Waals surface area (Å²) in [6, 6.07) is 7.54. The molecule has 2 bridgehead atoms. The van der Waals surface area contributed by atoms with Crippen molar-refractivity contribution in [3.8, 4) is 0 Å². The number of benzene rings is 1. The average molecular weight is 397 g/mol. The molecule has 0 amide bonds. The molecule has 3 rings (SSSR count). The van der Waals surface area contributed by atoms with E-state index >= 15 is 0 Å². The van der Waals surface area contributed by atoms with Gasteiger partial charge >= 0.3 is 5.97 Å². The predicted molar refractivity (Wildman–Crippen MR) is 91.3 cm³/mol. The molecule has 0 saturated carbocycles. The molecule has 21 heavy (non-hydrogen) atoms. The van der Waals surface area contributed by atoms with Crippen LogP contribution in [0.2, 0.25) is 0 Å². The standard InChI is InChI=1S/C17H22INO2/c1-3-10-4-5-11(8-14(10)18)13-9-12-6-7-15(19-12)16(13)17(20)21-2/h4-5,8,12-13,15-16,19H,3,6-7,9H2,1-2H3/t12?,13-,15?,16+/m1/s1/i18-2. The molecule has 2 saturated heterocycles. The van der Waals surface area contributed by atoms with Crippen LogP contribution >= 0.6 is 22.6 Å². The number of ether oxygens (including phenoxy) is 1. The molecule has 0 radical (unpaired) electrons. The lowest BCUT2D eigenvalue weighted by Gasteiger charge is -2.36. The third-order valence-corrected chi connectivity index (χ3v) is 6.05. The summed E-state index contributed by atoms with van der Waals surface area (Å²) in [6.07, 6.45) is 4.36. The van der Waals surface area contributed by atoms with Gasteiger partial charge in [-0.25, -0.2) is 0 Å². The molecule has 3 nitrogen and oxygen atoms in total. The first-order valence-corrected chi connectivity index (χ1v) is 8.84. The quantitative estimate of drug-likeness (QED) is 0.629. The number of carbonyl (C=O) groups is 1. The van der Waals surface area contributed by atoms with Crippen LogP contribution in [0.25, 0.3) is 0 Å². The molecule has 1 N–H and O–H groups in total. The summed E-state index contributed by atoms with van der Waals surface area (Å²) in [6.45, 7) is 2.18. The van der Waals surface area contributed by atoms with Crippen molar-refractivity contribution in [2.45, 2.75) is 50.6 Å². The van der Waals surface area contributed by atoms with Gasteiger partial charge in [-0.15, -0.1) is 0 Å². The molecule has 114 valence electrons. The van der Waals surface area contributed by atoms with E-state index in [9.17, 15) is 4.79 Å². The summed E-state index contributed by atoms with van der Waals surface area (Å²) in [5, 5.41) is 3.59. The lowest BCUT2D eigenvalue weighted by molar-refractivity contribution is -0.148. The van der Waals surface area contributed by atoms with Crippen LogP contribution in [0.1, 0.15) is 43.2 Å². The lowest BCUT2D eigenvalue weighted by Crippen LogP contribution is -2.48. The maximum Gasteiger partial charge on any atom is 0.310 e. The molecule has 0 aromatic heterocycles. The highest BCUT2D eigenvalue weighted by molar-refractivity contribution is 14.1. The Kier molecular flexibility index (Phi) is 4.54. The second kappa shape index (κ2) is 6.24. The Morgan fingerprint density at radius 3 is 2.90 bits per heavy atom. The van der Waals surface area contributed by atoms with E-state index in [1.807, 2.05) is 0 Å². The Morgan fingerprint density at radius 2 is 2.24 bits per heavy atom. The van der Waals surface area contributed by atoms with Crippen LogP contribution in [0.15, 0.2) is 18.2 Å². The van der Waals surface area contributed by atoms with Crippen molar-refractivity contribution >= 4 is 28.6 Å². The Hall–Kier alpha value is -0.620. The van der Waals surface area contributed by atoms with Gasteiger partial charge in [0.2, 0.25) is 0 Å². The van der Waals surface area contributed by atoms with Crippen LogP contribution in [0.4, 0.5) is 0 Å². The minimum atomic E-state index is -0.0626. The summed E-state index contributed by atoms with van der Waals surface area (Å²) >= 11 is 2.41. The monoisotopic (exact) mass is 397 g/mol. The van der Waals surface area contributed by atoms with Crippen molar-refractivity contribution in [1.29, 1.82) is 0 Å². The molecule has 1 aromatic rings. The Morgan fingerprint density at radius 1 is 1.43 bits per heavy atom. The summed E-state index contributed by atoms with van der Waals surface area (Å²) in [7, 11) is 1.50. The molecule has 0 spiro atoms. The van der Waals surface area contributed by atoms with Crippen molar-refractivity contribution in [2.75, 3.05) is 7.11 Å². The smallest absolute Gasteiger partial charge is 0.310 e. The molecule has 4 atom stereocenters. The van der Waals surface area contributed by atoms with Crippen molar-refractivity contribution < 1.29 is 9.53 Å². The van der Waals surface area contributed by atoms with Crippen LogP contribution in [0, 0.1) is 9.49 Å². The van der Waals surface area contributed by atoms with Crippen LogP contribution < -0.4 is 5.32 Å². The van der Waals surface area contributed by atoms with Crippen LogP contribution in [0.3, 0.4) is 0 Å². The minimum Gasteiger partial charge on any atom is -0.469 e. The topological polar surface area (TPSA) is 38.3 Å². The second-order valence-corrected chi connectivity index (χ2v) is 7.31. The van der Waals surface area contributed by atoms with Crippen molar-refractivity contribution in [3.05, 3.63) is 32.9 Å². The van der Waals surface area contributed by atoms with Crippen LogP contribution in [-0.4, -0.2) is 25.2 Å². The van der Waals surface area contributed by atoms with Crippen LogP contribution in [0.5, 0.6) is 0 Å². The predicted octanol–water partition coefficient (Wildman–Crippen LogP) is 3.25. The molecule has 2 heterocycles. The van der Waals surface area contributed by atoms with Gasteiger partial charge in [0, 0.05) is 21.6 Å². The van der Waals surface area contributed by atoms with Gasteiger partial charge in [0.15, 0.2) is 0 Å². The fraction of sp³-hybridized carbons (Fsp3) is 0.588. The van der Waals surface area contributed by atoms with E-state index in [0.717, 1.165) is 19.3 Å². The van der Waals surface area contributed by atoms with Gasteiger partial charge in [-0.2, -0.15) is 0 Å². The Balaban J connectivity index is 1.94. The molecule has 1 aromatic carbocycles. The molecule has 0 aliphatic carbocycles. The number of halogens is 1. The molecule has 2 fully saturated rings. The first kappa shape index (κ1) is 15.3. The number of esters is 1. The highest BCUT2D eigenvalue weighted by Crippen LogP contribution is 2.42. The molecule has 2 aliphatic rings. The van der Waals surface area contributed by atoms with Gasteiger partial charge in [0.1, 0.15) is 0 Å². The maximum atomic E-state index is 12.3. The number of hydrogen-bond donors (Lipinski definition) is 1. The van der Waals surface area contributed by atoms with Gasteiger partial charge in [0.25, 0.3) is 0 Å². The summed E-state index contributed by atoms with van der Waals surface area (Å²) in [5.41, 5.74) is 2.68. The van der Waals surface area contributed by atoms with E-state index in [2.05, 4.69) is 53.0 Å². The Labute approximate surface area is 140 Å². The number of hydrogen-bond acceptors (Lipinski definition) is 3. The third-order valence-electron chi connectivity index (χ3n) is 5.04. The van der Waals surface area contributed by atoms with E-state index in [4.69, 9.17) is 4.74 Å². The second-order valence-electron chi connectivity index (χ2n) is 6.14. The molecule has 2 aliphatic heterocycles. The maximum absolute atomic E-state index is 12.3. The number of fused-ring (bicyclic) bond motifs is 2. The highest BCUT2D eigenvalue weighted by Gasteiger charge is 2.46. The first-order valence-electron chi connectivity index (χ1n) is 7.76. The van der Waals surface area contributed by atoms with Gasteiger partial charge in [-0.1, -0.05) is 19.1 Å². The summed E-state index contributed by atoms with van der Waals surface area (Å²) in [5.74, 6) is 0.181. The van der Waals surface area contributed by atoms with Gasteiger partial charge in [-0.05, 0) is 65.5 Å². The largest absolute Gasteiger partial charge is 0.469 e. The third kappa shape index (κ3) is 2.84. The zero-order valence-electron chi connectivity index (χ0n) is 12.6. The van der Waals surface area contributed by atoms with Gasteiger partial charge in [-0.3, -0.25) is 4.79 Å². The van der Waals surface area contributed by atoms with Crippen molar-refractivity contribution in [2.24, 2.45) is 5.92 Å². The van der Waals surface area contributed by atoms with E-state index in [-0.39, 0.29) is 23.8 Å². The average Bonchev–Trinajstić information content (AvgIpc) is 2.87. The first-order chi connectivity index (χ1) is 10.1. The number of aryl methyl sites for hydroxylation is 1. The fourth-order valence-corrected chi connectivity index (χ4v) is 4.86. The molecule has 2 unspecified atom stereocenters. The number of rotatable bonds is 3. The van der Waals surface area contributed by atoms with Crippen LogP contribution in [-0.2, 0) is 16.0 Å². The zero-order chi connectivity index (χ0) is 15.0. The normalized spacial score (nSPS) is 31.2. The summed E-state index contributed by atoms with van der Waals surface area (Å²) in [4.78, 5) is 12.3. The summed E-state index contributed by atoms with van der Waals surface area (Å²) < 4.78 is 6.39. The molecular weight excluding hydrogens is 375 g/mol. The van der Waals surface area contributed by atoms with Gasteiger partial charge in [0.05, 0.1) is 13.0 Å². The lowest BCUT2D eigenvalue weighted by atomic mass is 9.77. The number of carbonyl (C=O) groups excluding carboxylic acids is 1. The fourth-order valence-electron chi connectivity index (χ4n) is 3.94. The van der Waals surface area contributed by atoms with E-state index in [1.54, 1.807) is 0 Å². The van der Waals surface area contributed by atoms with E-state index < -0.39 is 0 Å². The Bertz CT molecular complexity index is 546. The number of nitrogens with one attached hydrogen (secondary N) is 1. The van der Waals surface area contributed by atoms with Crippen molar-refractivity contribution in [1.82, 2.24) is 5.32 Å². The number of piperidine rings is 1. The number of methoxy groups -OCH3 is 1. The minimum absolute atomic E-state index is 0.0444. The van der Waals surface area contributed by atoms with Gasteiger partial charge < -0.3 is 10.1 Å². The molecular formula is C17H22INO2. The van der Waals surface area contributed by atoms with Crippen molar-refractivity contribution in [3.63, 3.8) is 0 Å². The zero-order valence-corrected chi connectivity index (χ0v) is 14.7. The highest BCUT2D eigenvalue weighted by atomic mass is 125. The van der Waals surface area contributed by atoms with E-state index in [1.165, 1.54) is 28.2 Å². The van der Waals surface area contributed by atoms with E-state index in [0.29, 0.717) is 6.04 Å². The SMILES string of the molecule is CCc1ccc([C@H]2CC3CCC(N3)[C@H]2C(=O)OC)cc1[125I].